The summed E-state index contributed by atoms with van der Waals surface area (Å²) in [5.74, 6) is 0.0825. The number of hydrogen-bond acceptors (Lipinski definition) is 7. The van der Waals surface area contributed by atoms with Crippen molar-refractivity contribution < 1.29 is 27.1 Å². The monoisotopic (exact) mass is 475 g/mol. The van der Waals surface area contributed by atoms with Crippen molar-refractivity contribution in [3.8, 4) is 11.5 Å². The number of ether oxygens (including phenoxy) is 2. The van der Waals surface area contributed by atoms with Crippen molar-refractivity contribution in [2.45, 2.75) is 30.7 Å². The van der Waals surface area contributed by atoms with Gasteiger partial charge in [0.1, 0.15) is 11.5 Å². The first-order valence-corrected chi connectivity index (χ1v) is 11.9. The number of rotatable bonds is 8. The average Bonchev–Trinajstić information content (AvgIpc) is 3.45. The molecule has 3 aromatic rings. The Morgan fingerprint density at radius 2 is 1.73 bits per heavy atom. The fraction of sp³-hybridized carbons (Fsp3) is 0.364. The molecule has 1 N–H and O–H groups in total. The second kappa shape index (κ2) is 9.28. The number of carbonyl (C=O) groups excluding carboxylic acids is 1. The van der Waals surface area contributed by atoms with E-state index in [0.717, 1.165) is 12.8 Å². The number of oxazole rings is 1. The summed E-state index contributed by atoms with van der Waals surface area (Å²) in [6.45, 7) is 1.04. The number of aryl methyl sites for hydroxylation is 1. The number of fused-ring (bicyclic) bond motifs is 1. The number of amides is 1. The Morgan fingerprint density at radius 1 is 1.06 bits per heavy atom. The summed E-state index contributed by atoms with van der Waals surface area (Å²) in [6, 6.07) is 9.36. The maximum atomic E-state index is 12.8. The highest BCUT2D eigenvalue weighted by Crippen LogP contribution is 2.26. The van der Waals surface area contributed by atoms with Crippen molar-refractivity contribution >= 4 is 32.7 Å². The quantitative estimate of drug-likeness (QED) is 0.531. The molecule has 1 aliphatic rings. The molecule has 33 heavy (non-hydrogen) atoms. The topological polar surface area (TPSA) is 120 Å². The van der Waals surface area contributed by atoms with Crippen LogP contribution in [0.15, 0.2) is 50.5 Å². The molecule has 2 heterocycles. The van der Waals surface area contributed by atoms with Gasteiger partial charge >= 0.3 is 5.76 Å². The zero-order valence-corrected chi connectivity index (χ0v) is 19.2. The van der Waals surface area contributed by atoms with Gasteiger partial charge in [0, 0.05) is 56.0 Å². The van der Waals surface area contributed by atoms with Gasteiger partial charge in [-0.2, -0.15) is 4.31 Å². The van der Waals surface area contributed by atoms with Crippen LogP contribution in [0.5, 0.6) is 11.5 Å². The van der Waals surface area contributed by atoms with Crippen molar-refractivity contribution in [1.29, 1.82) is 0 Å². The van der Waals surface area contributed by atoms with Gasteiger partial charge in [0.2, 0.25) is 15.9 Å². The average molecular weight is 476 g/mol. The minimum atomic E-state index is -3.63. The lowest BCUT2D eigenvalue weighted by atomic mass is 10.2. The Labute approximate surface area is 190 Å². The molecule has 0 aliphatic carbocycles. The number of carbonyl (C=O) groups is 1. The standard InChI is InChI=1S/C22H25N3O7S/c1-30-16-11-15(12-17(13-16)31-2)23-21(26)7-10-25-19-6-5-18(14-20(19)32-22(25)27)33(28,29)24-8-3-4-9-24/h5-6,11-14H,3-4,7-10H2,1-2H3,(H,23,26). The third kappa shape index (κ3) is 4.74. The van der Waals surface area contributed by atoms with Crippen LogP contribution in [0.4, 0.5) is 5.69 Å². The predicted molar refractivity (Wildman–Crippen MR) is 121 cm³/mol. The zero-order chi connectivity index (χ0) is 23.6. The Kier molecular flexibility index (Phi) is 6.43. The third-order valence-electron chi connectivity index (χ3n) is 5.54. The fourth-order valence-corrected chi connectivity index (χ4v) is 5.35. The van der Waals surface area contributed by atoms with Crippen molar-refractivity contribution in [2.24, 2.45) is 0 Å². The summed E-state index contributed by atoms with van der Waals surface area (Å²) in [5, 5.41) is 2.75. The number of nitrogens with zero attached hydrogens (tertiary/aromatic N) is 2. The van der Waals surface area contributed by atoms with E-state index in [1.807, 2.05) is 0 Å². The number of aromatic nitrogens is 1. The maximum absolute atomic E-state index is 12.8. The van der Waals surface area contributed by atoms with Crippen LogP contribution in [-0.4, -0.2) is 50.5 Å². The molecule has 4 rings (SSSR count). The van der Waals surface area contributed by atoms with E-state index >= 15 is 0 Å². The number of benzene rings is 2. The number of methoxy groups -OCH3 is 2. The first kappa shape index (κ1) is 22.9. The van der Waals surface area contributed by atoms with Gasteiger partial charge in [-0.15, -0.1) is 0 Å². The lowest BCUT2D eigenvalue weighted by Gasteiger charge is -2.15. The van der Waals surface area contributed by atoms with E-state index in [1.54, 1.807) is 18.2 Å². The number of sulfonamides is 1. The predicted octanol–water partition coefficient (Wildman–Crippen LogP) is 2.43. The minimum Gasteiger partial charge on any atom is -0.497 e. The van der Waals surface area contributed by atoms with E-state index in [4.69, 9.17) is 13.9 Å². The summed E-state index contributed by atoms with van der Waals surface area (Å²) in [5.41, 5.74) is 1.09. The van der Waals surface area contributed by atoms with E-state index in [-0.39, 0.29) is 29.4 Å². The van der Waals surface area contributed by atoms with Gasteiger partial charge in [-0.3, -0.25) is 9.36 Å². The molecule has 0 unspecified atom stereocenters. The zero-order valence-electron chi connectivity index (χ0n) is 18.4. The molecule has 1 amide bonds. The van der Waals surface area contributed by atoms with Crippen molar-refractivity contribution in [1.82, 2.24) is 8.87 Å². The van der Waals surface area contributed by atoms with E-state index < -0.39 is 15.8 Å². The van der Waals surface area contributed by atoms with Crippen LogP contribution in [0.3, 0.4) is 0 Å². The number of hydrogen-bond donors (Lipinski definition) is 1. The van der Waals surface area contributed by atoms with Crippen LogP contribution in [0.2, 0.25) is 0 Å². The van der Waals surface area contributed by atoms with Crippen molar-refractivity contribution in [2.75, 3.05) is 32.6 Å². The van der Waals surface area contributed by atoms with Gasteiger partial charge in [0.15, 0.2) is 5.58 Å². The highest BCUT2D eigenvalue weighted by atomic mass is 32.2. The molecular formula is C22H25N3O7S. The first-order valence-electron chi connectivity index (χ1n) is 10.5. The molecule has 2 aromatic carbocycles. The highest BCUT2D eigenvalue weighted by molar-refractivity contribution is 7.89. The second-order valence-corrected chi connectivity index (χ2v) is 9.60. The summed E-state index contributed by atoms with van der Waals surface area (Å²) in [6.07, 6.45) is 1.66. The lowest BCUT2D eigenvalue weighted by Crippen LogP contribution is -2.27. The Balaban J connectivity index is 1.49. The minimum absolute atomic E-state index is 0.00188. The molecule has 1 aromatic heterocycles. The van der Waals surface area contributed by atoms with Gasteiger partial charge in [0.05, 0.1) is 24.6 Å². The Morgan fingerprint density at radius 3 is 2.36 bits per heavy atom. The van der Waals surface area contributed by atoms with Crippen LogP contribution in [0, 0.1) is 0 Å². The van der Waals surface area contributed by atoms with Gasteiger partial charge < -0.3 is 19.2 Å². The van der Waals surface area contributed by atoms with Gasteiger partial charge in [0.25, 0.3) is 0 Å². The molecule has 0 saturated carbocycles. The smallest absolute Gasteiger partial charge is 0.419 e. The first-order chi connectivity index (χ1) is 15.8. The summed E-state index contributed by atoms with van der Waals surface area (Å²) >= 11 is 0. The summed E-state index contributed by atoms with van der Waals surface area (Å²) in [7, 11) is -0.603. The van der Waals surface area contributed by atoms with Crippen LogP contribution >= 0.6 is 0 Å². The van der Waals surface area contributed by atoms with E-state index in [0.29, 0.717) is 35.8 Å². The molecule has 0 spiro atoms. The van der Waals surface area contributed by atoms with E-state index in [1.165, 1.54) is 41.3 Å². The van der Waals surface area contributed by atoms with Gasteiger partial charge in [-0.1, -0.05) is 0 Å². The highest BCUT2D eigenvalue weighted by Gasteiger charge is 2.28. The fourth-order valence-electron chi connectivity index (χ4n) is 3.81. The lowest BCUT2D eigenvalue weighted by molar-refractivity contribution is -0.116. The number of anilines is 1. The van der Waals surface area contributed by atoms with Crippen molar-refractivity contribution in [3.63, 3.8) is 0 Å². The molecule has 0 radical (unpaired) electrons. The normalized spacial score (nSPS) is 14.5. The Hall–Kier alpha value is -3.31. The third-order valence-corrected chi connectivity index (χ3v) is 7.43. The van der Waals surface area contributed by atoms with Crippen molar-refractivity contribution in [3.05, 3.63) is 46.9 Å². The molecule has 11 heteroatoms. The SMILES string of the molecule is COc1cc(NC(=O)CCn2c(=O)oc3cc(S(=O)(=O)N4CCCC4)ccc32)cc(OC)c1. The Bertz CT molecular complexity index is 1320. The van der Waals surface area contributed by atoms with E-state index in [9.17, 15) is 18.0 Å². The molecule has 1 aliphatic heterocycles. The van der Waals surface area contributed by atoms with Crippen LogP contribution in [0.25, 0.3) is 11.1 Å². The summed E-state index contributed by atoms with van der Waals surface area (Å²) in [4.78, 5) is 24.9. The number of nitrogens with one attached hydrogen (secondary N) is 1. The van der Waals surface area contributed by atoms with E-state index in [2.05, 4.69) is 5.32 Å². The maximum Gasteiger partial charge on any atom is 0.419 e. The molecule has 0 bridgehead atoms. The summed E-state index contributed by atoms with van der Waals surface area (Å²) < 4.78 is 44.0. The van der Waals surface area contributed by atoms with Crippen LogP contribution < -0.4 is 20.5 Å². The van der Waals surface area contributed by atoms with Crippen LogP contribution in [0.1, 0.15) is 19.3 Å². The molecule has 1 saturated heterocycles. The van der Waals surface area contributed by atoms with Crippen LogP contribution in [-0.2, 0) is 21.4 Å². The molecule has 10 nitrogen and oxygen atoms in total. The molecule has 0 atom stereocenters. The second-order valence-electron chi connectivity index (χ2n) is 7.66. The van der Waals surface area contributed by atoms with Gasteiger partial charge in [-0.25, -0.2) is 13.2 Å². The van der Waals surface area contributed by atoms with Gasteiger partial charge in [-0.05, 0) is 25.0 Å². The molecular weight excluding hydrogens is 450 g/mol. The molecule has 176 valence electrons. The molecule has 1 fully saturated rings. The largest absolute Gasteiger partial charge is 0.497 e.